The minimum atomic E-state index is -1.19. The first kappa shape index (κ1) is 26.7. The van der Waals surface area contributed by atoms with Crippen molar-refractivity contribution in [2.24, 2.45) is 38.9 Å². The summed E-state index contributed by atoms with van der Waals surface area (Å²) in [6.45, 7) is 9.34. The number of carboxylic acid groups (broad SMARTS) is 1. The molecule has 7 atom stereocenters. The van der Waals surface area contributed by atoms with Crippen molar-refractivity contribution in [1.29, 1.82) is 0 Å². The number of ketones is 1. The van der Waals surface area contributed by atoms with Gasteiger partial charge in [0.25, 0.3) is 0 Å². The van der Waals surface area contributed by atoms with Crippen molar-refractivity contribution in [3.8, 4) is 0 Å². The number of nitrogens with one attached hydrogen (secondary N) is 1. The maximum atomic E-state index is 13.6. The molecule has 0 bridgehead atoms. The van der Waals surface area contributed by atoms with E-state index in [0.29, 0.717) is 28.2 Å². The van der Waals surface area contributed by atoms with Crippen LogP contribution in [-0.2, 0) is 9.53 Å². The van der Waals surface area contributed by atoms with E-state index in [1.165, 1.54) is 50.7 Å². The molecule has 0 aliphatic heterocycles. The number of hydrogen-bond acceptors (Lipinski definition) is 5. The van der Waals surface area contributed by atoms with Crippen LogP contribution in [0.2, 0.25) is 0 Å². The fourth-order valence-electron chi connectivity index (χ4n) is 11.0. The summed E-state index contributed by atoms with van der Waals surface area (Å²) >= 11 is 0. The average Bonchev–Trinajstić information content (AvgIpc) is 3.48. The van der Waals surface area contributed by atoms with Gasteiger partial charge in [-0.15, -0.1) is 0 Å². The Balaban J connectivity index is 1.20. The molecule has 5 aliphatic rings. The number of ether oxygens (including phenoxy) is 1. The quantitative estimate of drug-likeness (QED) is 0.432. The molecule has 4 fully saturated rings. The SMILES string of the molecule is CN[C@H]1CC[C@]23C[C@]24CC[C@]2(C)C(C(=O)COC(=O)c5ccccc5C(=O)O)=CC[C@@]2(C)[C@@H]4CC[C@H]3C1(C)C. The first-order valence-electron chi connectivity index (χ1n) is 14.8. The molecule has 39 heavy (non-hydrogen) atoms. The Bertz CT molecular complexity index is 1280. The van der Waals surface area contributed by atoms with E-state index in [1.807, 2.05) is 0 Å². The number of fused-ring (bicyclic) bond motifs is 2. The molecule has 1 aromatic carbocycles. The van der Waals surface area contributed by atoms with E-state index >= 15 is 0 Å². The summed E-state index contributed by atoms with van der Waals surface area (Å²) in [5.41, 5.74) is 1.61. The van der Waals surface area contributed by atoms with Crippen LogP contribution in [0.25, 0.3) is 0 Å². The summed E-state index contributed by atoms with van der Waals surface area (Å²) in [5, 5.41) is 13.0. The minimum Gasteiger partial charge on any atom is -0.478 e. The number of rotatable bonds is 6. The lowest BCUT2D eigenvalue weighted by Crippen LogP contribution is -2.59. The first-order chi connectivity index (χ1) is 18.4. The summed E-state index contributed by atoms with van der Waals surface area (Å²) in [6.07, 6.45) is 11.6. The lowest BCUT2D eigenvalue weighted by molar-refractivity contribution is -0.135. The van der Waals surface area contributed by atoms with E-state index in [0.717, 1.165) is 24.3 Å². The van der Waals surface area contributed by atoms with Gasteiger partial charge in [-0.3, -0.25) is 4.79 Å². The third-order valence-corrected chi connectivity index (χ3v) is 13.0. The molecular weight excluding hydrogens is 490 g/mol. The molecule has 5 aliphatic carbocycles. The van der Waals surface area contributed by atoms with Gasteiger partial charge >= 0.3 is 11.9 Å². The summed E-state index contributed by atoms with van der Waals surface area (Å²) < 4.78 is 5.40. The van der Waals surface area contributed by atoms with E-state index in [1.54, 1.807) is 12.1 Å². The summed E-state index contributed by atoms with van der Waals surface area (Å²) in [7, 11) is 2.12. The summed E-state index contributed by atoms with van der Waals surface area (Å²) in [6, 6.07) is 6.54. The van der Waals surface area contributed by atoms with Crippen LogP contribution in [0, 0.1) is 38.9 Å². The predicted molar refractivity (Wildman–Crippen MR) is 148 cm³/mol. The Morgan fingerprint density at radius 3 is 2.31 bits per heavy atom. The van der Waals surface area contributed by atoms with Crippen molar-refractivity contribution in [1.82, 2.24) is 5.32 Å². The minimum absolute atomic E-state index is 0.0224. The molecule has 0 unspecified atom stereocenters. The molecule has 1 aromatic rings. The van der Waals surface area contributed by atoms with Crippen LogP contribution in [0.3, 0.4) is 0 Å². The van der Waals surface area contributed by atoms with Crippen molar-refractivity contribution < 1.29 is 24.2 Å². The van der Waals surface area contributed by atoms with Crippen LogP contribution in [0.15, 0.2) is 35.9 Å². The highest BCUT2D eigenvalue weighted by Crippen LogP contribution is 2.88. The summed E-state index contributed by atoms with van der Waals surface area (Å²) in [4.78, 5) is 37.8. The standard InChI is InChI=1S/C33H43NO5/c1-29(2)24-10-11-25-31(4)14-12-22(23(35)18-39-28(38)21-9-7-6-8-20(21)27(36)37)30(31,3)16-17-33(25)19-32(24,33)15-13-26(29)34-5/h6-9,12,24-26,34H,10-11,13-19H2,1-5H3,(H,36,37)/t24-,25-,26-,30+,31-,32+,33-/m0/s1. The highest BCUT2D eigenvalue weighted by Gasteiger charge is 2.81. The van der Waals surface area contributed by atoms with Crippen LogP contribution < -0.4 is 5.32 Å². The molecule has 0 amide bonds. The Kier molecular flexibility index (Phi) is 5.84. The number of carbonyl (C=O) groups excluding carboxylic acids is 2. The lowest BCUT2D eigenvalue weighted by atomic mass is 9.42. The van der Waals surface area contributed by atoms with Crippen molar-refractivity contribution in [2.45, 2.75) is 85.1 Å². The second-order valence-corrected chi connectivity index (χ2v) is 14.3. The Morgan fingerprint density at radius 2 is 1.62 bits per heavy atom. The van der Waals surface area contributed by atoms with Gasteiger partial charge in [0, 0.05) is 17.0 Å². The monoisotopic (exact) mass is 533 g/mol. The van der Waals surface area contributed by atoms with Gasteiger partial charge < -0.3 is 15.2 Å². The van der Waals surface area contributed by atoms with Gasteiger partial charge in [-0.1, -0.05) is 45.9 Å². The van der Waals surface area contributed by atoms with E-state index in [-0.39, 0.29) is 34.3 Å². The Labute approximate surface area is 232 Å². The molecular formula is C33H43NO5. The second-order valence-electron chi connectivity index (χ2n) is 14.3. The largest absolute Gasteiger partial charge is 0.478 e. The molecule has 0 heterocycles. The molecule has 6 heteroatoms. The molecule has 210 valence electrons. The molecule has 4 saturated carbocycles. The van der Waals surface area contributed by atoms with Crippen LogP contribution in [-0.4, -0.2) is 42.5 Å². The van der Waals surface area contributed by atoms with Gasteiger partial charge in [-0.25, -0.2) is 9.59 Å². The van der Waals surface area contributed by atoms with Gasteiger partial charge in [0.15, 0.2) is 12.4 Å². The summed E-state index contributed by atoms with van der Waals surface area (Å²) in [5.74, 6) is -0.749. The molecule has 0 saturated heterocycles. The highest BCUT2D eigenvalue weighted by atomic mass is 16.5. The van der Waals surface area contributed by atoms with Crippen molar-refractivity contribution in [2.75, 3.05) is 13.7 Å². The number of allylic oxidation sites excluding steroid dienone is 1. The fraction of sp³-hybridized carbons (Fsp3) is 0.667. The molecule has 2 spiro atoms. The number of Topliss-reactive ketones (excluding diaryl/α,β-unsaturated/α-hetero) is 1. The molecule has 2 N–H and O–H groups in total. The van der Waals surface area contributed by atoms with Crippen LogP contribution in [0.4, 0.5) is 0 Å². The third-order valence-electron chi connectivity index (χ3n) is 13.0. The highest BCUT2D eigenvalue weighted by molar-refractivity contribution is 6.04. The van der Waals surface area contributed by atoms with Gasteiger partial charge in [-0.05, 0) is 104 Å². The van der Waals surface area contributed by atoms with Crippen molar-refractivity contribution >= 4 is 17.7 Å². The fourth-order valence-corrected chi connectivity index (χ4v) is 11.0. The first-order valence-corrected chi connectivity index (χ1v) is 14.8. The van der Waals surface area contributed by atoms with Crippen LogP contribution in [0.5, 0.6) is 0 Å². The zero-order valence-electron chi connectivity index (χ0n) is 24.1. The average molecular weight is 534 g/mol. The molecule has 6 nitrogen and oxygen atoms in total. The molecule has 0 radical (unpaired) electrons. The number of carboxylic acids is 1. The maximum absolute atomic E-state index is 13.6. The van der Waals surface area contributed by atoms with Gasteiger partial charge in [-0.2, -0.15) is 0 Å². The number of carbonyl (C=O) groups is 3. The normalized spacial score (nSPS) is 41.3. The van der Waals surface area contributed by atoms with Crippen LogP contribution in [0.1, 0.15) is 99.8 Å². The Morgan fingerprint density at radius 1 is 0.949 bits per heavy atom. The van der Waals surface area contributed by atoms with Gasteiger partial charge in [0.05, 0.1) is 11.1 Å². The van der Waals surface area contributed by atoms with Gasteiger partial charge in [0.2, 0.25) is 0 Å². The molecule has 6 rings (SSSR count). The van der Waals surface area contributed by atoms with E-state index < -0.39 is 11.9 Å². The topological polar surface area (TPSA) is 92.7 Å². The van der Waals surface area contributed by atoms with Crippen LogP contribution >= 0.6 is 0 Å². The molecule has 0 aromatic heterocycles. The van der Waals surface area contributed by atoms with Gasteiger partial charge in [0.1, 0.15) is 0 Å². The van der Waals surface area contributed by atoms with Crippen molar-refractivity contribution in [3.05, 3.63) is 47.0 Å². The number of aromatic carboxylic acids is 1. The van der Waals surface area contributed by atoms with Crippen molar-refractivity contribution in [3.63, 3.8) is 0 Å². The second kappa shape index (κ2) is 8.52. The predicted octanol–water partition coefficient (Wildman–Crippen LogP) is 6.06. The van der Waals surface area contributed by atoms with E-state index in [9.17, 15) is 19.5 Å². The zero-order chi connectivity index (χ0) is 28.0. The maximum Gasteiger partial charge on any atom is 0.339 e. The van der Waals surface area contributed by atoms with E-state index in [4.69, 9.17) is 4.74 Å². The number of benzene rings is 1. The zero-order valence-corrected chi connectivity index (χ0v) is 24.1. The third kappa shape index (κ3) is 3.33. The van der Waals surface area contributed by atoms with E-state index in [2.05, 4.69) is 46.1 Å². The lowest BCUT2D eigenvalue weighted by Gasteiger charge is -2.63. The number of hydrogen-bond donors (Lipinski definition) is 2. The number of esters is 1. The Hall–Kier alpha value is -2.47. The smallest absolute Gasteiger partial charge is 0.339 e.